The number of aliphatic carboxylic acids is 1. The lowest BCUT2D eigenvalue weighted by Gasteiger charge is -2.12. The van der Waals surface area contributed by atoms with Gasteiger partial charge in [-0.2, -0.15) is 0 Å². The van der Waals surface area contributed by atoms with Crippen LogP contribution in [-0.4, -0.2) is 23.2 Å². The number of nitrogens with zero attached hydrogens (tertiary/aromatic N) is 1. The zero-order chi connectivity index (χ0) is 12.4. The predicted molar refractivity (Wildman–Crippen MR) is 63.7 cm³/mol. The van der Waals surface area contributed by atoms with Crippen molar-refractivity contribution in [1.29, 1.82) is 0 Å². The van der Waals surface area contributed by atoms with Crippen LogP contribution in [0.15, 0.2) is 4.99 Å². The van der Waals surface area contributed by atoms with Crippen molar-refractivity contribution in [1.82, 2.24) is 0 Å². The molecule has 4 nitrogen and oxygen atoms in total. The molecule has 0 saturated carbocycles. The molecule has 0 aromatic rings. The molecular weight excluding hydrogens is 206 g/mol. The van der Waals surface area contributed by atoms with Gasteiger partial charge >= 0.3 is 5.97 Å². The van der Waals surface area contributed by atoms with Crippen LogP contribution in [0, 0.1) is 5.92 Å². The summed E-state index contributed by atoms with van der Waals surface area (Å²) >= 11 is 0. The second kappa shape index (κ2) is 9.07. The Bertz CT molecular complexity index is 249. The fraction of sp³-hybridized carbons (Fsp3) is 0.750. The van der Waals surface area contributed by atoms with E-state index in [-0.39, 0.29) is 12.3 Å². The Morgan fingerprint density at radius 3 is 2.56 bits per heavy atom. The third kappa shape index (κ3) is 7.15. The maximum Gasteiger partial charge on any atom is 0.309 e. The first-order chi connectivity index (χ1) is 7.61. The Labute approximate surface area is 96.8 Å². The molecule has 0 aromatic heterocycles. The van der Waals surface area contributed by atoms with Crippen LogP contribution in [0.2, 0.25) is 0 Å². The van der Waals surface area contributed by atoms with Crippen LogP contribution in [-0.2, 0) is 9.59 Å². The zero-order valence-corrected chi connectivity index (χ0v) is 10.1. The Hall–Kier alpha value is -1.19. The van der Waals surface area contributed by atoms with Gasteiger partial charge in [-0.15, -0.1) is 0 Å². The molecule has 0 aliphatic heterocycles. The van der Waals surface area contributed by atoms with E-state index in [0.717, 1.165) is 19.3 Å². The second-order valence-corrected chi connectivity index (χ2v) is 4.05. The highest BCUT2D eigenvalue weighted by molar-refractivity contribution is 6.01. The summed E-state index contributed by atoms with van der Waals surface area (Å²) in [6.45, 7) is 4.07. The second-order valence-electron chi connectivity index (χ2n) is 4.05. The summed E-state index contributed by atoms with van der Waals surface area (Å²) in [5.74, 6) is -0.848. The van der Waals surface area contributed by atoms with Crippen molar-refractivity contribution in [2.75, 3.05) is 0 Å². The van der Waals surface area contributed by atoms with Crippen molar-refractivity contribution in [2.24, 2.45) is 10.9 Å². The van der Waals surface area contributed by atoms with E-state index >= 15 is 0 Å². The summed E-state index contributed by atoms with van der Waals surface area (Å²) in [7, 11) is 0. The first kappa shape index (κ1) is 14.8. The van der Waals surface area contributed by atoms with E-state index in [4.69, 9.17) is 5.11 Å². The molecule has 16 heavy (non-hydrogen) atoms. The summed E-state index contributed by atoms with van der Waals surface area (Å²) in [5.41, 5.74) is 0.485. The van der Waals surface area contributed by atoms with E-state index in [1.807, 2.05) is 6.92 Å². The Kier molecular flexibility index (Phi) is 8.39. The van der Waals surface area contributed by atoms with Crippen LogP contribution in [0.5, 0.6) is 0 Å². The van der Waals surface area contributed by atoms with Crippen LogP contribution in [0.1, 0.15) is 52.4 Å². The van der Waals surface area contributed by atoms with Crippen LogP contribution in [0.4, 0.5) is 0 Å². The van der Waals surface area contributed by atoms with Gasteiger partial charge in [0.15, 0.2) is 0 Å². The van der Waals surface area contributed by atoms with Crippen molar-refractivity contribution < 1.29 is 14.7 Å². The molecule has 0 aliphatic carbocycles. The summed E-state index contributed by atoms with van der Waals surface area (Å²) in [5, 5.41) is 8.67. The third-order valence-electron chi connectivity index (χ3n) is 2.61. The van der Waals surface area contributed by atoms with Crippen molar-refractivity contribution in [3.05, 3.63) is 0 Å². The molecule has 0 aliphatic rings. The zero-order valence-electron chi connectivity index (χ0n) is 10.1. The van der Waals surface area contributed by atoms with Crippen molar-refractivity contribution in [3.8, 4) is 0 Å². The quantitative estimate of drug-likeness (QED) is 0.374. The molecule has 0 radical (unpaired) electrons. The Balaban J connectivity index is 4.07. The molecule has 1 atom stereocenters. The number of aliphatic imine (C=N–C) groups is 1. The van der Waals surface area contributed by atoms with Crippen molar-refractivity contribution in [3.63, 3.8) is 0 Å². The van der Waals surface area contributed by atoms with Crippen molar-refractivity contribution >= 4 is 18.1 Å². The maximum absolute atomic E-state index is 10.6. The number of hydrogen-bond donors (Lipinski definition) is 1. The largest absolute Gasteiger partial charge is 0.481 e. The average molecular weight is 227 g/mol. The summed E-state index contributed by atoms with van der Waals surface area (Å²) in [6, 6.07) is 0. The standard InChI is InChI=1S/C12H21NO3/c1-3-4-5-6-7-10(2)11(13-9-14)8-12(15)16/h9-10H,3-8H2,1-2H3,(H,15,16). The number of unbranched alkanes of at least 4 members (excludes halogenated alkanes) is 3. The van der Waals surface area contributed by atoms with Crippen molar-refractivity contribution in [2.45, 2.75) is 52.4 Å². The van der Waals surface area contributed by atoms with E-state index in [9.17, 15) is 9.59 Å². The smallest absolute Gasteiger partial charge is 0.309 e. The van der Waals surface area contributed by atoms with E-state index in [0.29, 0.717) is 12.1 Å². The van der Waals surface area contributed by atoms with Crippen LogP contribution >= 0.6 is 0 Å². The fourth-order valence-corrected chi connectivity index (χ4v) is 1.61. The Morgan fingerprint density at radius 2 is 2.06 bits per heavy atom. The molecule has 0 bridgehead atoms. The Morgan fingerprint density at radius 1 is 1.38 bits per heavy atom. The van der Waals surface area contributed by atoms with Gasteiger partial charge in [-0.25, -0.2) is 4.99 Å². The van der Waals surface area contributed by atoms with E-state index in [1.54, 1.807) is 0 Å². The van der Waals surface area contributed by atoms with Gasteiger partial charge in [-0.1, -0.05) is 39.5 Å². The number of carbonyl (C=O) groups is 2. The molecular formula is C12H21NO3. The molecule has 1 amide bonds. The number of amides is 1. The average Bonchev–Trinajstić information content (AvgIpc) is 2.23. The van der Waals surface area contributed by atoms with Gasteiger partial charge in [0.25, 0.3) is 0 Å². The third-order valence-corrected chi connectivity index (χ3v) is 2.61. The lowest BCUT2D eigenvalue weighted by molar-refractivity contribution is -0.135. The van der Waals surface area contributed by atoms with Crippen LogP contribution < -0.4 is 0 Å². The highest BCUT2D eigenvalue weighted by atomic mass is 16.4. The highest BCUT2D eigenvalue weighted by Crippen LogP contribution is 2.14. The van der Waals surface area contributed by atoms with Gasteiger partial charge in [0.05, 0.1) is 6.42 Å². The number of carbonyl (C=O) groups excluding carboxylic acids is 1. The number of carboxylic acids is 1. The van der Waals surface area contributed by atoms with E-state index in [2.05, 4.69) is 11.9 Å². The van der Waals surface area contributed by atoms with Gasteiger partial charge in [0, 0.05) is 5.71 Å². The lowest BCUT2D eigenvalue weighted by Crippen LogP contribution is -2.16. The number of hydrogen-bond acceptors (Lipinski definition) is 2. The number of rotatable bonds is 9. The molecule has 0 spiro atoms. The fourth-order valence-electron chi connectivity index (χ4n) is 1.61. The van der Waals surface area contributed by atoms with Gasteiger partial charge in [-0.3, -0.25) is 9.59 Å². The molecule has 1 N–H and O–H groups in total. The van der Waals surface area contributed by atoms with Crippen LogP contribution in [0.25, 0.3) is 0 Å². The summed E-state index contributed by atoms with van der Waals surface area (Å²) < 4.78 is 0. The highest BCUT2D eigenvalue weighted by Gasteiger charge is 2.13. The van der Waals surface area contributed by atoms with Gasteiger partial charge in [0.1, 0.15) is 0 Å². The maximum atomic E-state index is 10.6. The molecule has 4 heteroatoms. The van der Waals surface area contributed by atoms with Gasteiger partial charge in [-0.05, 0) is 12.3 Å². The first-order valence-corrected chi connectivity index (χ1v) is 5.83. The first-order valence-electron chi connectivity index (χ1n) is 5.83. The molecule has 0 rings (SSSR count). The normalized spacial score (nSPS) is 13.5. The van der Waals surface area contributed by atoms with Gasteiger partial charge < -0.3 is 5.11 Å². The summed E-state index contributed by atoms with van der Waals surface area (Å²) in [6.07, 6.45) is 5.80. The number of carboxylic acid groups (broad SMARTS) is 1. The predicted octanol–water partition coefficient (Wildman–Crippen LogP) is 2.67. The minimum absolute atomic E-state index is 0.0816. The van der Waals surface area contributed by atoms with E-state index < -0.39 is 5.97 Å². The molecule has 0 heterocycles. The molecule has 0 aromatic carbocycles. The molecule has 0 saturated heterocycles. The van der Waals surface area contributed by atoms with E-state index in [1.165, 1.54) is 12.8 Å². The minimum Gasteiger partial charge on any atom is -0.481 e. The van der Waals surface area contributed by atoms with Gasteiger partial charge in [0.2, 0.25) is 6.41 Å². The molecule has 92 valence electrons. The summed E-state index contributed by atoms with van der Waals surface area (Å²) in [4.78, 5) is 24.5. The topological polar surface area (TPSA) is 66.7 Å². The molecule has 1 unspecified atom stereocenters. The minimum atomic E-state index is -0.930. The SMILES string of the molecule is CCCCCCC(C)C(CC(=O)O)=NC=O. The van der Waals surface area contributed by atoms with Crippen LogP contribution in [0.3, 0.4) is 0 Å². The monoisotopic (exact) mass is 227 g/mol. The molecule has 0 fully saturated rings. The lowest BCUT2D eigenvalue weighted by atomic mass is 9.96.